The molecule has 0 fully saturated rings. The molecule has 3 aromatic rings. The molecular weight excluding hydrogens is 1000 g/mol. The summed E-state index contributed by atoms with van der Waals surface area (Å²) in [6.45, 7) is 17.0. The van der Waals surface area contributed by atoms with Crippen molar-refractivity contribution in [3.63, 3.8) is 0 Å². The highest BCUT2D eigenvalue weighted by Crippen LogP contribution is 2.49. The molecule has 5 N–H and O–H groups in total. The van der Waals surface area contributed by atoms with E-state index >= 15 is 0 Å². The van der Waals surface area contributed by atoms with Gasteiger partial charge in [0.15, 0.2) is 0 Å². The third kappa shape index (κ3) is 15.2. The van der Waals surface area contributed by atoms with Gasteiger partial charge in [0.05, 0.1) is 21.3 Å². The second-order valence-corrected chi connectivity index (χ2v) is 19.5. The van der Waals surface area contributed by atoms with Crippen molar-refractivity contribution in [3.05, 3.63) is 139 Å². The molecule has 0 saturated carbocycles. The molecule has 0 saturated heterocycles. The molecule has 4 radical (unpaired) electrons. The van der Waals surface area contributed by atoms with Crippen LogP contribution in [0.25, 0.3) is 0 Å². The smallest absolute Gasteiger partial charge is 0.353 e. The highest BCUT2D eigenvalue weighted by molar-refractivity contribution is 7.57. The van der Waals surface area contributed by atoms with Crippen LogP contribution in [0.2, 0.25) is 0 Å². The van der Waals surface area contributed by atoms with Gasteiger partial charge in [0.25, 0.3) is 0 Å². The largest absolute Gasteiger partial charge is 0.507 e. The van der Waals surface area contributed by atoms with E-state index in [1.54, 1.807) is 39.0 Å². The minimum absolute atomic E-state index is 0.101. The number of carbonyl (C=O) groups excluding carboxylic acids is 4. The van der Waals surface area contributed by atoms with Gasteiger partial charge in [-0.25, -0.2) is 14.4 Å². The van der Waals surface area contributed by atoms with E-state index in [4.69, 9.17) is 47.3 Å². The summed E-state index contributed by atoms with van der Waals surface area (Å²) < 4.78 is 63.7. The Morgan fingerprint density at radius 1 is 0.568 bits per heavy atom. The van der Waals surface area contributed by atoms with Gasteiger partial charge >= 0.3 is 33.1 Å². The van der Waals surface area contributed by atoms with Gasteiger partial charge in [0.1, 0.15) is 77.3 Å². The van der Waals surface area contributed by atoms with Crippen LogP contribution in [0, 0.1) is 20.8 Å². The maximum absolute atomic E-state index is 12.0. The zero-order valence-corrected chi connectivity index (χ0v) is 45.1. The summed E-state index contributed by atoms with van der Waals surface area (Å²) in [4.78, 5) is 63.7. The Hall–Kier alpha value is -6.59. The Kier molecular flexibility index (Phi) is 24.7. The van der Waals surface area contributed by atoms with E-state index in [1.807, 2.05) is 26.8 Å². The predicted molar refractivity (Wildman–Crippen MR) is 279 cm³/mol. The summed E-state index contributed by atoms with van der Waals surface area (Å²) >= 11 is 0. The lowest BCUT2D eigenvalue weighted by atomic mass is 9.81. The Morgan fingerprint density at radius 2 is 0.851 bits per heavy atom. The van der Waals surface area contributed by atoms with Gasteiger partial charge in [-0.3, -0.25) is 13.9 Å². The molecule has 0 atom stereocenters. The molecule has 0 aliphatic carbocycles. The van der Waals surface area contributed by atoms with Crippen molar-refractivity contribution in [1.82, 2.24) is 0 Å². The average Bonchev–Trinajstić information content (AvgIpc) is 4.11. The molecule has 3 aliphatic heterocycles. The zero-order valence-electron chi connectivity index (χ0n) is 43.3. The van der Waals surface area contributed by atoms with Gasteiger partial charge in [-0.1, -0.05) is 41.5 Å². The summed E-state index contributed by atoms with van der Waals surface area (Å²) in [6.07, 6.45) is 9.68. The summed E-state index contributed by atoms with van der Waals surface area (Å²) in [5.41, 5.74) is 8.08. The first-order chi connectivity index (χ1) is 34.9. The number of aldehydes is 1. The SMILES string of the molecule is C=C.COc1c(C)c2c(c(O)c1C/C=C(C)/C=C/P(=O)(O)O)C(=O)OC2.COc1c(C)c2c(c(O)c1C/C=C(C)/C=C/P(=O)(OC)OC)C(=O)OC2.COc1c(C)c2c(c(O)c1C/C=C(\C)C=O)C(=O)OC2.[B][B]. The number of allylic oxidation sites excluding steroid dienone is 8. The van der Waals surface area contributed by atoms with E-state index in [1.165, 1.54) is 47.4 Å². The van der Waals surface area contributed by atoms with Crippen molar-refractivity contribution in [2.75, 3.05) is 35.5 Å². The van der Waals surface area contributed by atoms with Crippen LogP contribution in [-0.2, 0) is 76.3 Å². The summed E-state index contributed by atoms with van der Waals surface area (Å²) in [6, 6.07) is 0. The van der Waals surface area contributed by atoms with E-state index in [0.717, 1.165) is 34.4 Å². The van der Waals surface area contributed by atoms with Crippen LogP contribution in [0.3, 0.4) is 0 Å². The fourth-order valence-corrected chi connectivity index (χ4v) is 8.92. The van der Waals surface area contributed by atoms with E-state index in [0.29, 0.717) is 74.6 Å². The summed E-state index contributed by atoms with van der Waals surface area (Å²) in [5, 5.41) is 31.3. The van der Waals surface area contributed by atoms with Crippen LogP contribution in [0.4, 0.5) is 0 Å². The number of aromatic hydroxyl groups is 3. The van der Waals surface area contributed by atoms with Crippen molar-refractivity contribution in [1.29, 1.82) is 0 Å². The lowest BCUT2D eigenvalue weighted by molar-refractivity contribution is -0.104. The summed E-state index contributed by atoms with van der Waals surface area (Å²) in [5.74, 6) is 1.61. The predicted octanol–water partition coefficient (Wildman–Crippen LogP) is 8.54. The van der Waals surface area contributed by atoms with Gasteiger partial charge < -0.3 is 62.6 Å². The molecule has 0 bridgehead atoms. The van der Waals surface area contributed by atoms with Crippen molar-refractivity contribution < 1.29 is 90.9 Å². The highest BCUT2D eigenvalue weighted by Gasteiger charge is 2.34. The van der Waals surface area contributed by atoms with Crippen LogP contribution < -0.4 is 14.2 Å². The van der Waals surface area contributed by atoms with Gasteiger partial charge in [-0.05, 0) is 83.1 Å². The number of esters is 3. The number of phenolic OH excluding ortho intramolecular Hbond substituents is 3. The molecule has 0 unspecified atom stereocenters. The summed E-state index contributed by atoms with van der Waals surface area (Å²) in [7, 11) is 7.64. The number of cyclic esters (lactones) is 3. The topological polar surface area (TPSA) is 277 Å². The van der Waals surface area contributed by atoms with Crippen LogP contribution >= 0.6 is 15.2 Å². The monoisotopic (exact) mass is 1060 g/mol. The average molecular weight is 1060 g/mol. The molecule has 396 valence electrons. The Labute approximate surface area is 433 Å². The number of ether oxygens (including phenoxy) is 6. The molecule has 23 heteroatoms. The molecule has 3 aromatic carbocycles. The highest BCUT2D eigenvalue weighted by atomic mass is 31.2. The molecule has 74 heavy (non-hydrogen) atoms. The van der Waals surface area contributed by atoms with Crippen molar-refractivity contribution in [2.24, 2.45) is 0 Å². The third-order valence-corrected chi connectivity index (χ3v) is 13.6. The third-order valence-electron chi connectivity index (χ3n) is 11.6. The van der Waals surface area contributed by atoms with Crippen molar-refractivity contribution >= 4 is 54.9 Å². The minimum atomic E-state index is -4.22. The van der Waals surface area contributed by atoms with E-state index in [-0.39, 0.29) is 60.2 Å². The number of rotatable bonds is 16. The van der Waals surface area contributed by atoms with Gasteiger partial charge in [-0.2, -0.15) is 0 Å². The van der Waals surface area contributed by atoms with Crippen molar-refractivity contribution in [3.8, 4) is 34.5 Å². The molecule has 3 aliphatic rings. The van der Waals surface area contributed by atoms with Crippen LogP contribution in [0.1, 0.15) is 102 Å². The fraction of sp³-hybridized carbons (Fsp3) is 0.333. The maximum atomic E-state index is 12.0. The number of fused-ring (bicyclic) bond motifs is 3. The fourth-order valence-electron chi connectivity index (χ4n) is 7.68. The first-order valence-corrected chi connectivity index (χ1v) is 25.4. The lowest BCUT2D eigenvalue weighted by Gasteiger charge is -2.15. The molecule has 3 heterocycles. The standard InChI is InChI=1S/C18H23O7P.C16H19O7P.C15H16O5.C2H4.B2/c1-11(8-9-26(21,23-4)24-5)6-7-13-16(19)15-14(10-25-18(15)20)12(2)17(13)22-3;1-9(6-7-24(19,20)21)4-5-11-14(17)13-12(8-23-16(13)18)10(2)15(11)22-3;1-8(6-16)4-5-10-13(17)12-11(7-20-15(12)18)9(2)14(10)19-3;2*1-2/h6,8-9,19H,7,10H2,1-5H3;4,6-7,17H,5,8H2,1-3H3,(H2,19,20,21);4,6,17H,5,7H2,1-3H3;1-2H2;/b9-8+,11-6+;7-6+,9-4+;8-4+;;. The zero-order chi connectivity index (χ0) is 56.4. The quantitative estimate of drug-likeness (QED) is 0.0131. The minimum Gasteiger partial charge on any atom is -0.507 e. The molecule has 0 aromatic heterocycles. The number of hydrogen-bond acceptors (Lipinski definition) is 17. The van der Waals surface area contributed by atoms with E-state index < -0.39 is 33.1 Å². The van der Waals surface area contributed by atoms with E-state index in [9.17, 15) is 43.6 Å². The second-order valence-electron chi connectivity index (χ2n) is 15.9. The Morgan fingerprint density at radius 3 is 1.11 bits per heavy atom. The molecular formula is C51H62B2O19P2. The molecule has 0 spiro atoms. The Bertz CT molecular complexity index is 2850. The van der Waals surface area contributed by atoms with Crippen LogP contribution in [0.15, 0.2) is 71.9 Å². The van der Waals surface area contributed by atoms with Crippen LogP contribution in [0.5, 0.6) is 34.5 Å². The molecule has 6 rings (SSSR count). The van der Waals surface area contributed by atoms with E-state index in [2.05, 4.69) is 28.6 Å². The first kappa shape index (κ1) is 63.5. The number of methoxy groups -OCH3 is 3. The number of benzene rings is 3. The van der Waals surface area contributed by atoms with Gasteiger partial charge in [0.2, 0.25) is 0 Å². The Balaban J connectivity index is 0.000000370. The van der Waals surface area contributed by atoms with Crippen molar-refractivity contribution in [2.45, 2.75) is 80.6 Å². The molecule has 0 amide bonds. The number of phenols is 3. The maximum Gasteiger partial charge on any atom is 0.353 e. The number of carbonyl (C=O) groups is 4. The molecule has 19 nitrogen and oxygen atoms in total. The number of hydrogen-bond donors (Lipinski definition) is 5. The lowest BCUT2D eigenvalue weighted by Crippen LogP contribution is -2.03. The van der Waals surface area contributed by atoms with Crippen LogP contribution in [-0.4, -0.2) is 100 Å². The normalized spacial score (nSPS) is 13.9. The van der Waals surface area contributed by atoms with Gasteiger partial charge in [-0.15, -0.1) is 13.2 Å². The first-order valence-electron chi connectivity index (χ1n) is 22.1. The second kappa shape index (κ2) is 28.8. The van der Waals surface area contributed by atoms with Gasteiger partial charge in [0, 0.05) is 74.7 Å².